The highest BCUT2D eigenvalue weighted by Gasteiger charge is 2.20. The lowest BCUT2D eigenvalue weighted by Gasteiger charge is -2.11. The Morgan fingerprint density at radius 2 is 0.839 bits per heavy atom. The van der Waals surface area contributed by atoms with Crippen molar-refractivity contribution in [2.45, 2.75) is 0 Å². The van der Waals surface area contributed by atoms with Crippen LogP contribution in [-0.4, -0.2) is 15.0 Å². The number of thiophene rings is 1. The molecule has 0 radical (unpaired) electrons. The zero-order valence-electron chi connectivity index (χ0n) is 30.1. The molecule has 56 heavy (non-hydrogen) atoms. The van der Waals surface area contributed by atoms with Crippen molar-refractivity contribution in [1.29, 1.82) is 0 Å². The van der Waals surface area contributed by atoms with Gasteiger partial charge < -0.3 is 4.42 Å². The van der Waals surface area contributed by atoms with Crippen molar-refractivity contribution in [3.05, 3.63) is 188 Å². The van der Waals surface area contributed by atoms with Crippen molar-refractivity contribution in [2.75, 3.05) is 0 Å². The molecule has 0 N–H and O–H groups in total. The Labute approximate surface area is 327 Å². The second-order valence-corrected chi connectivity index (χ2v) is 15.0. The Bertz CT molecular complexity index is 3220. The van der Waals surface area contributed by atoms with Crippen molar-refractivity contribution in [2.24, 2.45) is 0 Å². The Kier molecular flexibility index (Phi) is 7.64. The van der Waals surface area contributed by atoms with Crippen molar-refractivity contribution < 1.29 is 4.42 Å². The van der Waals surface area contributed by atoms with Gasteiger partial charge in [0, 0.05) is 58.8 Å². The van der Waals surface area contributed by atoms with E-state index in [1.54, 1.807) is 0 Å². The lowest BCUT2D eigenvalue weighted by molar-refractivity contribution is 0.670. The topological polar surface area (TPSA) is 51.8 Å². The summed E-state index contributed by atoms with van der Waals surface area (Å²) in [4.78, 5) is 15.0. The van der Waals surface area contributed by atoms with Crippen LogP contribution < -0.4 is 0 Å². The number of hydrogen-bond donors (Lipinski definition) is 0. The maximum atomic E-state index is 6.74. The summed E-state index contributed by atoms with van der Waals surface area (Å²) in [6, 6.07) is 65.5. The molecule has 0 spiro atoms. The molecule has 8 aromatic carbocycles. The fourth-order valence-corrected chi connectivity index (χ4v) is 9.06. The average molecular weight is 734 g/mol. The summed E-state index contributed by atoms with van der Waals surface area (Å²) in [5, 5.41) is 4.76. The first-order valence-electron chi connectivity index (χ1n) is 18.7. The lowest BCUT2D eigenvalue weighted by atomic mass is 9.93. The molecule has 4 nitrogen and oxygen atoms in total. The third-order valence-corrected chi connectivity index (χ3v) is 11.8. The van der Waals surface area contributed by atoms with E-state index in [2.05, 4.69) is 146 Å². The first kappa shape index (κ1) is 32.2. The number of furan rings is 1. The number of fused-ring (bicyclic) bond motifs is 6. The number of hydrogen-bond acceptors (Lipinski definition) is 5. The molecule has 0 bridgehead atoms. The van der Waals surface area contributed by atoms with Crippen LogP contribution in [0.15, 0.2) is 192 Å². The maximum Gasteiger partial charge on any atom is 0.164 e. The van der Waals surface area contributed by atoms with Crippen LogP contribution in [0.3, 0.4) is 0 Å². The molecule has 0 aliphatic carbocycles. The SMILES string of the molecule is c1ccc(-c2ccc(-c3nc(-c4ccccc4)nc(-c4ccc(-c5ccc(-c6cccc7c6sc6ccccc67)c6oc7ccccc7c56)cc4)n3)cc2)cc1. The predicted octanol–water partition coefficient (Wildman–Crippen LogP) is 14.1. The summed E-state index contributed by atoms with van der Waals surface area (Å²) < 4.78 is 9.29. The van der Waals surface area contributed by atoms with Gasteiger partial charge in [-0.15, -0.1) is 11.3 Å². The average Bonchev–Trinajstić information content (AvgIpc) is 3.86. The van der Waals surface area contributed by atoms with E-state index in [0.717, 1.165) is 60.9 Å². The summed E-state index contributed by atoms with van der Waals surface area (Å²) in [5.74, 6) is 1.89. The van der Waals surface area contributed by atoms with Gasteiger partial charge in [-0.2, -0.15) is 0 Å². The molecule has 0 amide bonds. The summed E-state index contributed by atoms with van der Waals surface area (Å²) in [6.45, 7) is 0. The van der Waals surface area contributed by atoms with E-state index in [1.807, 2.05) is 53.8 Å². The van der Waals surface area contributed by atoms with Crippen LogP contribution in [0.5, 0.6) is 0 Å². The van der Waals surface area contributed by atoms with Crippen LogP contribution >= 0.6 is 11.3 Å². The molecule has 0 unspecified atom stereocenters. The van der Waals surface area contributed by atoms with Crippen molar-refractivity contribution in [3.8, 4) is 67.5 Å². The number of aromatic nitrogens is 3. The van der Waals surface area contributed by atoms with Gasteiger partial charge in [0.05, 0.1) is 0 Å². The summed E-state index contributed by atoms with van der Waals surface area (Å²) >= 11 is 1.84. The fraction of sp³-hybridized carbons (Fsp3) is 0. The minimum Gasteiger partial charge on any atom is -0.455 e. The second-order valence-electron chi connectivity index (χ2n) is 13.9. The Balaban J connectivity index is 1.02. The van der Waals surface area contributed by atoms with E-state index in [0.29, 0.717) is 17.5 Å². The molecule has 11 rings (SSSR count). The first-order chi connectivity index (χ1) is 27.7. The van der Waals surface area contributed by atoms with Crippen LogP contribution in [0.25, 0.3) is 110 Å². The minimum atomic E-state index is 0.623. The number of para-hydroxylation sites is 1. The largest absolute Gasteiger partial charge is 0.455 e. The molecule has 5 heteroatoms. The van der Waals surface area contributed by atoms with Crippen LogP contribution in [0.1, 0.15) is 0 Å². The van der Waals surface area contributed by atoms with Crippen molar-refractivity contribution >= 4 is 53.4 Å². The molecular formula is C51H31N3OS. The van der Waals surface area contributed by atoms with Gasteiger partial charge in [0.1, 0.15) is 11.2 Å². The number of benzene rings is 8. The van der Waals surface area contributed by atoms with Gasteiger partial charge >= 0.3 is 0 Å². The molecule has 0 saturated heterocycles. The Morgan fingerprint density at radius 3 is 1.54 bits per heavy atom. The molecule has 0 aliphatic rings. The van der Waals surface area contributed by atoms with Gasteiger partial charge in [0.15, 0.2) is 17.5 Å². The molecule has 0 saturated carbocycles. The van der Waals surface area contributed by atoms with Gasteiger partial charge in [0.2, 0.25) is 0 Å². The van der Waals surface area contributed by atoms with E-state index in [1.165, 1.54) is 31.3 Å². The molecule has 0 fully saturated rings. The molecule has 262 valence electrons. The zero-order chi connectivity index (χ0) is 37.0. The van der Waals surface area contributed by atoms with E-state index < -0.39 is 0 Å². The van der Waals surface area contributed by atoms with Gasteiger partial charge in [-0.3, -0.25) is 0 Å². The third-order valence-electron chi connectivity index (χ3n) is 10.6. The second kappa shape index (κ2) is 13.3. The monoisotopic (exact) mass is 733 g/mol. The Morgan fingerprint density at radius 1 is 0.339 bits per heavy atom. The highest BCUT2D eigenvalue weighted by molar-refractivity contribution is 7.26. The predicted molar refractivity (Wildman–Crippen MR) is 233 cm³/mol. The van der Waals surface area contributed by atoms with E-state index in [-0.39, 0.29) is 0 Å². The lowest BCUT2D eigenvalue weighted by Crippen LogP contribution is -2.00. The van der Waals surface area contributed by atoms with Crippen LogP contribution in [0, 0.1) is 0 Å². The molecule has 11 aromatic rings. The quantitative estimate of drug-likeness (QED) is 0.171. The fourth-order valence-electron chi connectivity index (χ4n) is 7.83. The third kappa shape index (κ3) is 5.48. The summed E-state index contributed by atoms with van der Waals surface area (Å²) in [7, 11) is 0. The molecule has 3 heterocycles. The molecule has 0 aliphatic heterocycles. The summed E-state index contributed by atoms with van der Waals surface area (Å²) in [5.41, 5.74) is 11.4. The summed E-state index contributed by atoms with van der Waals surface area (Å²) in [6.07, 6.45) is 0. The molecular weight excluding hydrogens is 703 g/mol. The van der Waals surface area contributed by atoms with Crippen molar-refractivity contribution in [3.63, 3.8) is 0 Å². The van der Waals surface area contributed by atoms with Gasteiger partial charge in [0.25, 0.3) is 0 Å². The first-order valence-corrected chi connectivity index (χ1v) is 19.5. The molecule has 3 aromatic heterocycles. The molecule has 0 atom stereocenters. The standard InChI is InChI=1S/C51H31N3OS/c1-3-12-32(13-4-1)33-22-26-36(27-23-33)50-52-49(35-14-5-2-6-15-35)53-51(54-50)37-28-24-34(25-29-37)38-30-31-40(47-46(38)43-17-7-9-20-44(43)55-47)42-19-11-18-41-39-16-8-10-21-45(39)56-48(41)42/h1-31H. The maximum absolute atomic E-state index is 6.74. The van der Waals surface area contributed by atoms with Crippen LogP contribution in [0.2, 0.25) is 0 Å². The van der Waals surface area contributed by atoms with E-state index in [4.69, 9.17) is 19.4 Å². The van der Waals surface area contributed by atoms with Gasteiger partial charge in [-0.1, -0.05) is 170 Å². The van der Waals surface area contributed by atoms with Crippen LogP contribution in [0.4, 0.5) is 0 Å². The Hall–Kier alpha value is -7.21. The minimum absolute atomic E-state index is 0.623. The van der Waals surface area contributed by atoms with Gasteiger partial charge in [-0.25, -0.2) is 15.0 Å². The highest BCUT2D eigenvalue weighted by Crippen LogP contribution is 2.46. The zero-order valence-corrected chi connectivity index (χ0v) is 30.9. The normalized spacial score (nSPS) is 11.6. The number of nitrogens with zero attached hydrogens (tertiary/aromatic N) is 3. The van der Waals surface area contributed by atoms with Crippen molar-refractivity contribution in [1.82, 2.24) is 15.0 Å². The smallest absolute Gasteiger partial charge is 0.164 e. The van der Waals surface area contributed by atoms with Gasteiger partial charge in [-0.05, 0) is 40.5 Å². The highest BCUT2D eigenvalue weighted by atomic mass is 32.1. The van der Waals surface area contributed by atoms with Crippen LogP contribution in [-0.2, 0) is 0 Å². The van der Waals surface area contributed by atoms with E-state index >= 15 is 0 Å². The van der Waals surface area contributed by atoms with E-state index in [9.17, 15) is 0 Å². The number of rotatable bonds is 6.